The van der Waals surface area contributed by atoms with E-state index in [0.717, 1.165) is 0 Å². The normalized spacial score (nSPS) is 9.60. The van der Waals surface area contributed by atoms with Crippen LogP contribution in [0.4, 0.5) is 0 Å². The van der Waals surface area contributed by atoms with Gasteiger partial charge in [-0.1, -0.05) is 0 Å². The fraction of sp³-hybridized carbons (Fsp3) is 0.200. The van der Waals surface area contributed by atoms with E-state index < -0.39 is 5.97 Å². The topological polar surface area (TPSA) is 89.0 Å². The number of aromatic amines is 1. The summed E-state index contributed by atoms with van der Waals surface area (Å²) in [5.74, 6) is -1.54. The van der Waals surface area contributed by atoms with Gasteiger partial charge in [-0.2, -0.15) is 0 Å². The second kappa shape index (κ2) is 2.38. The number of carboxylic acid groups (broad SMARTS) is 1. The van der Waals surface area contributed by atoms with Gasteiger partial charge in [-0.3, -0.25) is 0 Å². The Morgan fingerprint density at radius 1 is 1.90 bits per heavy atom. The summed E-state index contributed by atoms with van der Waals surface area (Å²) in [6, 6.07) is 0. The number of nitrogens with one attached hydrogen (secondary N) is 1. The maximum absolute atomic E-state index is 9.95. The van der Waals surface area contributed by atoms with Gasteiger partial charge in [0.25, 0.3) is 0 Å². The first-order chi connectivity index (χ1) is 4.70. The van der Waals surface area contributed by atoms with Crippen molar-refractivity contribution in [2.45, 2.75) is 6.42 Å². The van der Waals surface area contributed by atoms with E-state index in [2.05, 4.69) is 9.97 Å². The number of aliphatic carboxylic acids is 1. The molecule has 1 aromatic heterocycles. The van der Waals surface area contributed by atoms with Crippen LogP contribution in [-0.2, 0) is 11.2 Å². The molecule has 0 radical (unpaired) electrons. The number of hydrogen-bond acceptors (Lipinski definition) is 4. The number of hydrogen-bond donors (Lipinski definition) is 2. The van der Waals surface area contributed by atoms with Crippen molar-refractivity contribution in [3.63, 3.8) is 0 Å². The second-order valence-corrected chi connectivity index (χ2v) is 1.75. The number of aromatic nitrogens is 2. The van der Waals surface area contributed by atoms with Crippen LogP contribution in [0.25, 0.3) is 0 Å². The Bertz CT molecular complexity index is 243. The van der Waals surface area contributed by atoms with Crippen LogP contribution in [0, 0.1) is 0 Å². The smallest absolute Gasteiger partial charge is 0.232 e. The largest absolute Gasteiger partial charge is 0.550 e. The number of carbonyl (C=O) groups excluding carboxylic acids is 1. The average Bonchev–Trinajstić information content (AvgIpc) is 2.15. The van der Waals surface area contributed by atoms with Gasteiger partial charge >= 0.3 is 0 Å². The van der Waals surface area contributed by atoms with Gasteiger partial charge in [0.1, 0.15) is 0 Å². The maximum Gasteiger partial charge on any atom is 0.232 e. The molecule has 0 bridgehead atoms. The predicted octanol–water partition coefficient (Wildman–Crippen LogP) is -1.59. The van der Waals surface area contributed by atoms with Crippen LogP contribution in [0.3, 0.4) is 0 Å². The number of H-pyrrole nitrogens is 1. The van der Waals surface area contributed by atoms with E-state index in [1.165, 1.54) is 6.33 Å². The molecule has 0 amide bonds. The summed E-state index contributed by atoms with van der Waals surface area (Å²) in [5.41, 5.74) is 0.167. The first-order valence-corrected chi connectivity index (χ1v) is 2.61. The van der Waals surface area contributed by atoms with E-state index in [1.54, 1.807) is 0 Å². The molecule has 54 valence electrons. The standard InChI is InChI=1S/C5H6N2O3/c8-4(9)1-3-5(10)7-2-6-3/h2,10H,1H2,(H,6,7)(H,8,9)/p-1. The molecule has 0 unspecified atom stereocenters. The molecule has 5 heteroatoms. The monoisotopic (exact) mass is 141 g/mol. The highest BCUT2D eigenvalue weighted by Crippen LogP contribution is 2.08. The fourth-order valence-electron chi connectivity index (χ4n) is 0.588. The molecular formula is C5H5N2O3-. The molecule has 0 saturated carbocycles. The minimum absolute atomic E-state index is 0.167. The fourth-order valence-corrected chi connectivity index (χ4v) is 0.588. The predicted molar refractivity (Wildman–Crippen MR) is 29.0 cm³/mol. The zero-order chi connectivity index (χ0) is 7.56. The van der Waals surface area contributed by atoms with E-state index in [1.807, 2.05) is 0 Å². The molecule has 1 heterocycles. The molecule has 1 rings (SSSR count). The van der Waals surface area contributed by atoms with Gasteiger partial charge in [-0.25, -0.2) is 4.98 Å². The third-order valence-corrected chi connectivity index (χ3v) is 1.02. The lowest BCUT2D eigenvalue weighted by molar-refractivity contribution is -0.304. The van der Waals surface area contributed by atoms with Crippen LogP contribution in [-0.4, -0.2) is 21.0 Å². The van der Waals surface area contributed by atoms with Crippen LogP contribution in [0.15, 0.2) is 6.33 Å². The molecule has 10 heavy (non-hydrogen) atoms. The average molecular weight is 141 g/mol. The summed E-state index contributed by atoms with van der Waals surface area (Å²) < 4.78 is 0. The molecule has 0 atom stereocenters. The summed E-state index contributed by atoms with van der Waals surface area (Å²) in [6.07, 6.45) is 0.874. The highest BCUT2D eigenvalue weighted by molar-refractivity contribution is 5.67. The first-order valence-electron chi connectivity index (χ1n) is 2.61. The third-order valence-electron chi connectivity index (χ3n) is 1.02. The van der Waals surface area contributed by atoms with Crippen molar-refractivity contribution in [2.75, 3.05) is 0 Å². The van der Waals surface area contributed by atoms with Gasteiger partial charge in [-0.15, -0.1) is 0 Å². The van der Waals surface area contributed by atoms with E-state index >= 15 is 0 Å². The van der Waals surface area contributed by atoms with Gasteiger partial charge in [0.2, 0.25) is 5.88 Å². The van der Waals surface area contributed by atoms with Crippen molar-refractivity contribution < 1.29 is 15.0 Å². The summed E-state index contributed by atoms with van der Waals surface area (Å²) >= 11 is 0. The summed E-state index contributed by atoms with van der Waals surface area (Å²) in [5, 5.41) is 18.7. The molecular weight excluding hydrogens is 136 g/mol. The molecule has 0 aliphatic carbocycles. The summed E-state index contributed by atoms with van der Waals surface area (Å²) in [6.45, 7) is 0. The van der Waals surface area contributed by atoms with Gasteiger partial charge < -0.3 is 20.0 Å². The number of nitrogens with zero attached hydrogens (tertiary/aromatic N) is 1. The van der Waals surface area contributed by atoms with Crippen molar-refractivity contribution in [1.29, 1.82) is 0 Å². The highest BCUT2D eigenvalue weighted by Gasteiger charge is 2.01. The molecule has 1 aromatic rings. The SMILES string of the molecule is O=C([O-])Cc1[nH]cnc1O. The molecule has 0 aromatic carbocycles. The molecule has 2 N–H and O–H groups in total. The molecule has 0 saturated heterocycles. The van der Waals surface area contributed by atoms with Crippen LogP contribution in [0.2, 0.25) is 0 Å². The van der Waals surface area contributed by atoms with Crippen LogP contribution < -0.4 is 5.11 Å². The van der Waals surface area contributed by atoms with E-state index in [-0.39, 0.29) is 18.0 Å². The number of aromatic hydroxyl groups is 1. The quantitative estimate of drug-likeness (QED) is 0.519. The number of imidazole rings is 1. The van der Waals surface area contributed by atoms with E-state index in [4.69, 9.17) is 5.11 Å². The first kappa shape index (κ1) is 6.60. The van der Waals surface area contributed by atoms with E-state index in [9.17, 15) is 9.90 Å². The number of carbonyl (C=O) groups is 1. The molecule has 0 fully saturated rings. The van der Waals surface area contributed by atoms with Crippen molar-refractivity contribution in [3.05, 3.63) is 12.0 Å². The van der Waals surface area contributed by atoms with Crippen LogP contribution in [0.5, 0.6) is 5.88 Å². The minimum atomic E-state index is -1.25. The lowest BCUT2D eigenvalue weighted by Gasteiger charge is -1.97. The van der Waals surface area contributed by atoms with Crippen molar-refractivity contribution in [2.24, 2.45) is 0 Å². The van der Waals surface area contributed by atoms with Gasteiger partial charge in [-0.05, 0) is 0 Å². The number of carboxylic acids is 1. The van der Waals surface area contributed by atoms with Crippen molar-refractivity contribution in [1.82, 2.24) is 9.97 Å². The molecule has 0 aliphatic rings. The minimum Gasteiger partial charge on any atom is -0.550 e. The van der Waals surface area contributed by atoms with Crippen LogP contribution in [0.1, 0.15) is 5.69 Å². The Labute approximate surface area is 56.3 Å². The molecule has 0 aliphatic heterocycles. The maximum atomic E-state index is 9.95. The van der Waals surface area contributed by atoms with Gasteiger partial charge in [0.05, 0.1) is 12.0 Å². The Kier molecular flexibility index (Phi) is 1.57. The zero-order valence-corrected chi connectivity index (χ0v) is 5.00. The Morgan fingerprint density at radius 2 is 2.60 bits per heavy atom. The van der Waals surface area contributed by atoms with Gasteiger partial charge in [0.15, 0.2) is 0 Å². The summed E-state index contributed by atoms with van der Waals surface area (Å²) in [7, 11) is 0. The van der Waals surface area contributed by atoms with Gasteiger partial charge in [0, 0.05) is 12.4 Å². The third kappa shape index (κ3) is 1.25. The highest BCUT2D eigenvalue weighted by atomic mass is 16.4. The Morgan fingerprint density at radius 3 is 3.00 bits per heavy atom. The van der Waals surface area contributed by atoms with Crippen molar-refractivity contribution in [3.8, 4) is 5.88 Å². The van der Waals surface area contributed by atoms with Crippen molar-refractivity contribution >= 4 is 5.97 Å². The molecule has 5 nitrogen and oxygen atoms in total. The molecule has 0 spiro atoms. The zero-order valence-electron chi connectivity index (χ0n) is 5.00. The Balaban J connectivity index is 2.74. The number of rotatable bonds is 2. The van der Waals surface area contributed by atoms with E-state index in [0.29, 0.717) is 0 Å². The lowest BCUT2D eigenvalue weighted by Crippen LogP contribution is -2.24. The second-order valence-electron chi connectivity index (χ2n) is 1.75. The lowest BCUT2D eigenvalue weighted by atomic mass is 10.3. The Hall–Kier alpha value is -1.52. The summed E-state index contributed by atoms with van der Waals surface area (Å²) in [4.78, 5) is 15.8. The van der Waals surface area contributed by atoms with Crippen LogP contribution >= 0.6 is 0 Å².